The van der Waals surface area contributed by atoms with E-state index >= 15 is 0 Å². The zero-order valence-corrected chi connectivity index (χ0v) is 13.3. The molecule has 1 unspecified atom stereocenters. The Balaban J connectivity index is 2.35. The van der Waals surface area contributed by atoms with Gasteiger partial charge in [-0.2, -0.15) is 0 Å². The van der Waals surface area contributed by atoms with E-state index in [9.17, 15) is 5.11 Å². The summed E-state index contributed by atoms with van der Waals surface area (Å²) in [6.07, 6.45) is 0.315. The van der Waals surface area contributed by atoms with Gasteiger partial charge >= 0.3 is 0 Å². The van der Waals surface area contributed by atoms with E-state index in [2.05, 4.69) is 4.90 Å². The molecule has 0 fully saturated rings. The number of aliphatic hydroxyl groups excluding tert-OH is 1. The summed E-state index contributed by atoms with van der Waals surface area (Å²) < 4.78 is 10.8. The second-order valence-electron chi connectivity index (χ2n) is 4.95. The second kappa shape index (κ2) is 11.7. The quantitative estimate of drug-likeness (QED) is 0.602. The van der Waals surface area contributed by atoms with E-state index in [1.807, 2.05) is 44.2 Å². The number of hydrogen-bond donors (Lipinski definition) is 1. The van der Waals surface area contributed by atoms with E-state index in [1.54, 1.807) is 0 Å². The van der Waals surface area contributed by atoms with Crippen LogP contribution in [-0.4, -0.2) is 56.1 Å². The van der Waals surface area contributed by atoms with Crippen molar-refractivity contribution in [3.05, 3.63) is 35.9 Å². The van der Waals surface area contributed by atoms with Crippen molar-refractivity contribution in [2.75, 3.05) is 46.1 Å². The molecule has 4 nitrogen and oxygen atoms in total. The third-order valence-corrected chi connectivity index (χ3v) is 3.42. The highest BCUT2D eigenvalue weighted by Gasteiger charge is 2.11. The van der Waals surface area contributed by atoms with Gasteiger partial charge in [0.1, 0.15) is 0 Å². The van der Waals surface area contributed by atoms with Crippen LogP contribution in [0.15, 0.2) is 30.3 Å². The van der Waals surface area contributed by atoms with Gasteiger partial charge in [0.05, 0.1) is 19.3 Å². The van der Waals surface area contributed by atoms with Crippen LogP contribution >= 0.6 is 0 Å². The molecule has 1 rings (SSSR count). The predicted molar refractivity (Wildman–Crippen MR) is 85.4 cm³/mol. The molecular weight excluding hydrogens is 266 g/mol. The van der Waals surface area contributed by atoms with Crippen molar-refractivity contribution in [3.63, 3.8) is 0 Å². The molecule has 120 valence electrons. The summed E-state index contributed by atoms with van der Waals surface area (Å²) in [4.78, 5) is 2.29. The van der Waals surface area contributed by atoms with Gasteiger partial charge < -0.3 is 14.6 Å². The average molecular weight is 295 g/mol. The minimum atomic E-state index is -0.409. The van der Waals surface area contributed by atoms with Gasteiger partial charge in [0.25, 0.3) is 0 Å². The Kier molecular flexibility index (Phi) is 10.1. The van der Waals surface area contributed by atoms with Crippen molar-refractivity contribution < 1.29 is 14.6 Å². The maximum absolute atomic E-state index is 10.2. The Morgan fingerprint density at radius 3 is 2.05 bits per heavy atom. The van der Waals surface area contributed by atoms with Crippen LogP contribution < -0.4 is 0 Å². The van der Waals surface area contributed by atoms with Gasteiger partial charge in [0.2, 0.25) is 0 Å². The Hall–Kier alpha value is -0.940. The number of nitrogens with zero attached hydrogens (tertiary/aromatic N) is 1. The summed E-state index contributed by atoms with van der Waals surface area (Å²) in [5, 5.41) is 10.2. The maximum atomic E-state index is 10.2. The average Bonchev–Trinajstić information content (AvgIpc) is 2.53. The molecule has 1 atom stereocenters. The first-order valence-electron chi connectivity index (χ1n) is 7.88. The molecule has 0 bridgehead atoms. The molecule has 1 aromatic rings. The van der Waals surface area contributed by atoms with E-state index in [1.165, 1.54) is 0 Å². The number of rotatable bonds is 12. The molecule has 0 radical (unpaired) electrons. The molecule has 0 aliphatic heterocycles. The van der Waals surface area contributed by atoms with Crippen LogP contribution in [0.5, 0.6) is 0 Å². The van der Waals surface area contributed by atoms with Gasteiger partial charge in [-0.15, -0.1) is 0 Å². The smallest absolute Gasteiger partial charge is 0.0802 e. The van der Waals surface area contributed by atoms with Crippen molar-refractivity contribution in [1.29, 1.82) is 0 Å². The standard InChI is InChI=1S/C17H29NO3/c1-3-20-14-12-18(13-15-21-4-2)11-10-17(19)16-8-6-5-7-9-16/h5-9,17,19H,3-4,10-15H2,1-2H3. The molecule has 0 amide bonds. The molecule has 0 aliphatic rings. The highest BCUT2D eigenvalue weighted by Crippen LogP contribution is 2.16. The maximum Gasteiger partial charge on any atom is 0.0802 e. The first kappa shape index (κ1) is 18.1. The molecular formula is C17H29NO3. The van der Waals surface area contributed by atoms with E-state index < -0.39 is 6.10 Å². The highest BCUT2D eigenvalue weighted by molar-refractivity contribution is 5.17. The topological polar surface area (TPSA) is 41.9 Å². The van der Waals surface area contributed by atoms with Crippen LogP contribution in [0.1, 0.15) is 31.9 Å². The lowest BCUT2D eigenvalue weighted by atomic mass is 10.1. The van der Waals surface area contributed by atoms with Crippen LogP contribution in [0.25, 0.3) is 0 Å². The van der Waals surface area contributed by atoms with Crippen molar-refractivity contribution in [1.82, 2.24) is 4.90 Å². The largest absolute Gasteiger partial charge is 0.388 e. The van der Waals surface area contributed by atoms with Crippen LogP contribution in [0.2, 0.25) is 0 Å². The summed E-state index contributed by atoms with van der Waals surface area (Å²) in [6, 6.07) is 9.82. The lowest BCUT2D eigenvalue weighted by molar-refractivity contribution is 0.0719. The molecule has 1 aromatic carbocycles. The zero-order chi connectivity index (χ0) is 15.3. The van der Waals surface area contributed by atoms with Gasteiger partial charge in [-0.1, -0.05) is 30.3 Å². The highest BCUT2D eigenvalue weighted by atomic mass is 16.5. The van der Waals surface area contributed by atoms with Gasteiger partial charge in [0, 0.05) is 32.8 Å². The molecule has 21 heavy (non-hydrogen) atoms. The van der Waals surface area contributed by atoms with Crippen LogP contribution in [0.4, 0.5) is 0 Å². The predicted octanol–water partition coefficient (Wildman–Crippen LogP) is 2.49. The van der Waals surface area contributed by atoms with Gasteiger partial charge in [-0.3, -0.25) is 4.90 Å². The summed E-state index contributed by atoms with van der Waals surface area (Å²) in [5.41, 5.74) is 0.979. The lowest BCUT2D eigenvalue weighted by Crippen LogP contribution is -2.32. The molecule has 0 saturated heterocycles. The van der Waals surface area contributed by atoms with Crippen molar-refractivity contribution in [3.8, 4) is 0 Å². The minimum Gasteiger partial charge on any atom is -0.388 e. The van der Waals surface area contributed by atoms with Crippen molar-refractivity contribution >= 4 is 0 Å². The Bertz CT molecular complexity index is 335. The molecule has 0 saturated carbocycles. The Morgan fingerprint density at radius 1 is 0.952 bits per heavy atom. The van der Waals surface area contributed by atoms with Crippen LogP contribution in [0, 0.1) is 0 Å². The fourth-order valence-corrected chi connectivity index (χ4v) is 2.16. The fourth-order valence-electron chi connectivity index (χ4n) is 2.16. The number of ether oxygens (including phenoxy) is 2. The molecule has 0 spiro atoms. The summed E-state index contributed by atoms with van der Waals surface area (Å²) in [7, 11) is 0. The molecule has 0 heterocycles. The van der Waals surface area contributed by atoms with Crippen molar-refractivity contribution in [2.24, 2.45) is 0 Å². The SMILES string of the molecule is CCOCCN(CCOCC)CCC(O)c1ccccc1. The molecule has 0 aliphatic carbocycles. The van der Waals surface area contributed by atoms with Gasteiger partial charge in [0.15, 0.2) is 0 Å². The number of aliphatic hydroxyl groups is 1. The summed E-state index contributed by atoms with van der Waals surface area (Å²) in [5.74, 6) is 0. The summed E-state index contributed by atoms with van der Waals surface area (Å²) >= 11 is 0. The van der Waals surface area contributed by atoms with Gasteiger partial charge in [-0.25, -0.2) is 0 Å². The van der Waals surface area contributed by atoms with Crippen LogP contribution in [-0.2, 0) is 9.47 Å². The minimum absolute atomic E-state index is 0.409. The van der Waals surface area contributed by atoms with E-state index in [4.69, 9.17) is 9.47 Å². The normalized spacial score (nSPS) is 12.8. The van der Waals surface area contributed by atoms with Crippen molar-refractivity contribution in [2.45, 2.75) is 26.4 Å². The molecule has 0 aromatic heterocycles. The Morgan fingerprint density at radius 2 is 1.52 bits per heavy atom. The zero-order valence-electron chi connectivity index (χ0n) is 13.3. The van der Waals surface area contributed by atoms with E-state index in [0.29, 0.717) is 0 Å². The Labute approximate surface area is 128 Å². The summed E-state index contributed by atoms with van der Waals surface area (Å²) in [6.45, 7) is 9.54. The number of hydrogen-bond acceptors (Lipinski definition) is 4. The first-order chi connectivity index (χ1) is 10.3. The number of benzene rings is 1. The molecule has 1 N–H and O–H groups in total. The van der Waals surface area contributed by atoms with Crippen LogP contribution in [0.3, 0.4) is 0 Å². The fraction of sp³-hybridized carbons (Fsp3) is 0.647. The van der Waals surface area contributed by atoms with E-state index in [-0.39, 0.29) is 0 Å². The third kappa shape index (κ3) is 8.17. The lowest BCUT2D eigenvalue weighted by Gasteiger charge is -2.23. The first-order valence-corrected chi connectivity index (χ1v) is 7.88. The molecule has 4 heteroatoms. The second-order valence-corrected chi connectivity index (χ2v) is 4.95. The monoisotopic (exact) mass is 295 g/mol. The van der Waals surface area contributed by atoms with E-state index in [0.717, 1.165) is 58.0 Å². The third-order valence-electron chi connectivity index (χ3n) is 3.42. The van der Waals surface area contributed by atoms with Gasteiger partial charge in [-0.05, 0) is 25.8 Å².